The van der Waals surface area contributed by atoms with Crippen molar-refractivity contribution in [2.75, 3.05) is 31.7 Å². The van der Waals surface area contributed by atoms with Crippen LogP contribution in [0.4, 0.5) is 5.69 Å². The fourth-order valence-electron chi connectivity index (χ4n) is 4.16. The molecule has 0 radical (unpaired) electrons. The summed E-state index contributed by atoms with van der Waals surface area (Å²) in [5.74, 6) is 0.806. The van der Waals surface area contributed by atoms with Gasteiger partial charge in [0.2, 0.25) is 11.8 Å². The summed E-state index contributed by atoms with van der Waals surface area (Å²) in [6.45, 7) is 1.59. The Morgan fingerprint density at radius 1 is 1.13 bits per heavy atom. The maximum absolute atomic E-state index is 13.3. The molecule has 0 saturated carbocycles. The molecule has 0 bridgehead atoms. The lowest BCUT2D eigenvalue weighted by Crippen LogP contribution is -2.38. The molecule has 0 spiro atoms. The van der Waals surface area contributed by atoms with E-state index in [1.54, 1.807) is 0 Å². The Kier molecular flexibility index (Phi) is 6.62. The molecule has 4 rings (SSSR count). The van der Waals surface area contributed by atoms with Gasteiger partial charge in [-0.15, -0.1) is 0 Å². The Balaban J connectivity index is 1.51. The van der Waals surface area contributed by atoms with E-state index in [9.17, 15) is 9.59 Å². The average Bonchev–Trinajstić information content (AvgIpc) is 3.13. The van der Waals surface area contributed by atoms with Crippen molar-refractivity contribution in [2.24, 2.45) is 0 Å². The number of anilines is 1. The summed E-state index contributed by atoms with van der Waals surface area (Å²) in [5, 5.41) is 2.83. The number of nitrogens with one attached hydrogen (secondary N) is 1. The van der Waals surface area contributed by atoms with E-state index in [0.717, 1.165) is 48.4 Å². The molecule has 0 aliphatic carbocycles. The van der Waals surface area contributed by atoms with Crippen molar-refractivity contribution in [1.82, 2.24) is 14.9 Å². The van der Waals surface area contributed by atoms with Crippen LogP contribution in [0.25, 0.3) is 11.0 Å². The molecule has 2 heterocycles. The summed E-state index contributed by atoms with van der Waals surface area (Å²) in [6, 6.07) is 16.0. The van der Waals surface area contributed by atoms with Crippen molar-refractivity contribution in [3.8, 4) is 0 Å². The lowest BCUT2D eigenvalue weighted by atomic mass is 10.0. The molecule has 2 aromatic carbocycles. The molecule has 2 amide bonds. The minimum absolute atomic E-state index is 0.0598. The summed E-state index contributed by atoms with van der Waals surface area (Å²) in [5.41, 5.74) is 4.09. The topological polar surface area (TPSA) is 76.5 Å². The molecule has 7 heteroatoms. The number of para-hydroxylation sites is 3. The molecule has 31 heavy (non-hydrogen) atoms. The second-order valence-corrected chi connectivity index (χ2v) is 7.77. The van der Waals surface area contributed by atoms with Gasteiger partial charge in [0.05, 0.1) is 11.0 Å². The first kappa shape index (κ1) is 21.1. The van der Waals surface area contributed by atoms with Crippen LogP contribution in [0.15, 0.2) is 48.5 Å². The minimum atomic E-state index is -0.130. The molecular formula is C24H28N4O3. The van der Waals surface area contributed by atoms with E-state index in [2.05, 4.69) is 11.4 Å². The van der Waals surface area contributed by atoms with Crippen LogP contribution >= 0.6 is 0 Å². The number of amides is 2. The van der Waals surface area contributed by atoms with Crippen LogP contribution in [-0.4, -0.2) is 48.2 Å². The first-order chi connectivity index (χ1) is 15.2. The number of methoxy groups -OCH3 is 1. The predicted molar refractivity (Wildman–Crippen MR) is 120 cm³/mol. The molecule has 0 saturated heterocycles. The summed E-state index contributed by atoms with van der Waals surface area (Å²) < 4.78 is 6.85. The maximum atomic E-state index is 13.3. The number of carbonyl (C=O) groups excluding carboxylic acids is 2. The lowest BCUT2D eigenvalue weighted by molar-refractivity contribution is -0.124. The highest BCUT2D eigenvalue weighted by Gasteiger charge is 2.23. The van der Waals surface area contributed by atoms with Crippen LogP contribution in [0.3, 0.4) is 0 Å². The van der Waals surface area contributed by atoms with E-state index in [1.807, 2.05) is 51.9 Å². The summed E-state index contributed by atoms with van der Waals surface area (Å²) >= 11 is 0. The third-order valence-electron chi connectivity index (χ3n) is 5.61. The van der Waals surface area contributed by atoms with Gasteiger partial charge in [0.1, 0.15) is 19.0 Å². The van der Waals surface area contributed by atoms with Gasteiger partial charge in [-0.3, -0.25) is 9.59 Å². The van der Waals surface area contributed by atoms with Crippen LogP contribution in [0.5, 0.6) is 0 Å². The number of aromatic nitrogens is 2. The van der Waals surface area contributed by atoms with E-state index in [0.29, 0.717) is 13.0 Å². The Bertz CT molecular complexity index is 1080. The van der Waals surface area contributed by atoms with E-state index in [1.165, 1.54) is 12.7 Å². The number of hydrogen-bond acceptors (Lipinski definition) is 4. The lowest BCUT2D eigenvalue weighted by Gasteiger charge is -2.29. The fraction of sp³-hybridized carbons (Fsp3) is 0.375. The number of hydrogen-bond donors (Lipinski definition) is 1. The van der Waals surface area contributed by atoms with Crippen molar-refractivity contribution in [2.45, 2.75) is 32.2 Å². The molecule has 7 nitrogen and oxygen atoms in total. The first-order valence-corrected chi connectivity index (χ1v) is 10.8. The number of benzene rings is 2. The highest BCUT2D eigenvalue weighted by Crippen LogP contribution is 2.27. The van der Waals surface area contributed by atoms with Crippen LogP contribution in [-0.2, 0) is 33.7 Å². The second-order valence-electron chi connectivity index (χ2n) is 7.77. The van der Waals surface area contributed by atoms with Gasteiger partial charge < -0.3 is 19.5 Å². The molecule has 1 aliphatic rings. The number of aryl methyl sites for hydroxylation is 2. The van der Waals surface area contributed by atoms with Gasteiger partial charge in [-0.2, -0.15) is 0 Å². The summed E-state index contributed by atoms with van der Waals surface area (Å²) in [6.07, 6.45) is 3.39. The molecule has 3 aromatic rings. The molecule has 1 aromatic heterocycles. The number of nitrogens with zero attached hydrogens (tertiary/aromatic N) is 3. The molecular weight excluding hydrogens is 392 g/mol. The minimum Gasteiger partial charge on any atom is -0.375 e. The average molecular weight is 421 g/mol. The van der Waals surface area contributed by atoms with Crippen molar-refractivity contribution in [3.05, 3.63) is 59.9 Å². The highest BCUT2D eigenvalue weighted by molar-refractivity contribution is 5.95. The van der Waals surface area contributed by atoms with Gasteiger partial charge in [0, 0.05) is 32.3 Å². The third kappa shape index (κ3) is 4.77. The SMILES string of the molecule is COCC(=O)NCCCc1nc2ccccc2n1CC(=O)N1CCCc2ccccc21. The molecule has 0 unspecified atom stereocenters. The molecule has 0 atom stereocenters. The molecule has 0 fully saturated rings. The van der Waals surface area contributed by atoms with Crippen LogP contribution in [0.1, 0.15) is 24.2 Å². The van der Waals surface area contributed by atoms with E-state index >= 15 is 0 Å². The number of imidazole rings is 1. The zero-order chi connectivity index (χ0) is 21.6. The summed E-state index contributed by atoms with van der Waals surface area (Å²) in [7, 11) is 1.50. The predicted octanol–water partition coefficient (Wildman–Crippen LogP) is 2.71. The number of carbonyl (C=O) groups is 2. The normalized spacial score (nSPS) is 13.3. The van der Waals surface area contributed by atoms with E-state index < -0.39 is 0 Å². The first-order valence-electron chi connectivity index (χ1n) is 10.8. The van der Waals surface area contributed by atoms with Crippen molar-refractivity contribution in [3.63, 3.8) is 0 Å². The van der Waals surface area contributed by atoms with Gasteiger partial charge in [0.25, 0.3) is 0 Å². The largest absolute Gasteiger partial charge is 0.375 e. The molecule has 162 valence electrons. The number of rotatable bonds is 8. The van der Waals surface area contributed by atoms with Crippen LogP contribution in [0.2, 0.25) is 0 Å². The Morgan fingerprint density at radius 2 is 1.94 bits per heavy atom. The molecule has 1 aliphatic heterocycles. The fourth-order valence-corrected chi connectivity index (χ4v) is 4.16. The Morgan fingerprint density at radius 3 is 2.81 bits per heavy atom. The number of fused-ring (bicyclic) bond motifs is 2. The quantitative estimate of drug-likeness (QED) is 0.569. The zero-order valence-corrected chi connectivity index (χ0v) is 17.8. The van der Waals surface area contributed by atoms with Crippen molar-refractivity contribution in [1.29, 1.82) is 0 Å². The van der Waals surface area contributed by atoms with Gasteiger partial charge in [-0.05, 0) is 43.0 Å². The van der Waals surface area contributed by atoms with Crippen LogP contribution < -0.4 is 10.2 Å². The zero-order valence-electron chi connectivity index (χ0n) is 17.8. The number of ether oxygens (including phenoxy) is 1. The second kappa shape index (κ2) is 9.75. The smallest absolute Gasteiger partial charge is 0.246 e. The maximum Gasteiger partial charge on any atom is 0.246 e. The van der Waals surface area contributed by atoms with Gasteiger partial charge >= 0.3 is 0 Å². The van der Waals surface area contributed by atoms with Crippen molar-refractivity contribution >= 4 is 28.5 Å². The van der Waals surface area contributed by atoms with Crippen LogP contribution in [0, 0.1) is 0 Å². The monoisotopic (exact) mass is 420 g/mol. The van der Waals surface area contributed by atoms with Gasteiger partial charge in [0.15, 0.2) is 0 Å². The molecule has 1 N–H and O–H groups in total. The van der Waals surface area contributed by atoms with Crippen molar-refractivity contribution < 1.29 is 14.3 Å². The summed E-state index contributed by atoms with van der Waals surface area (Å²) in [4.78, 5) is 31.6. The van der Waals surface area contributed by atoms with E-state index in [-0.39, 0.29) is 25.0 Å². The van der Waals surface area contributed by atoms with E-state index in [4.69, 9.17) is 9.72 Å². The third-order valence-corrected chi connectivity index (χ3v) is 5.61. The Hall–Kier alpha value is -3.19. The standard InChI is InChI=1S/C24H28N4O3/c1-31-17-23(29)25-14-6-13-22-26-19-10-3-5-12-21(19)28(22)16-24(30)27-15-7-9-18-8-2-4-11-20(18)27/h2-5,8,10-12H,6-7,9,13-17H2,1H3,(H,25,29). The van der Waals surface area contributed by atoms with Gasteiger partial charge in [-0.25, -0.2) is 4.98 Å². The Labute approximate surface area is 182 Å². The van der Waals surface area contributed by atoms with Gasteiger partial charge in [-0.1, -0.05) is 30.3 Å². The highest BCUT2D eigenvalue weighted by atomic mass is 16.5.